The number of hydrogen-bond acceptors (Lipinski definition) is 4. The van der Waals surface area contributed by atoms with E-state index < -0.39 is 0 Å². The van der Waals surface area contributed by atoms with Gasteiger partial charge in [-0.25, -0.2) is 4.98 Å². The molecule has 0 radical (unpaired) electrons. The molecule has 0 aliphatic carbocycles. The molecule has 0 saturated heterocycles. The molecule has 0 aliphatic rings. The van der Waals surface area contributed by atoms with Crippen LogP contribution in [0.25, 0.3) is 0 Å². The van der Waals surface area contributed by atoms with Crippen molar-refractivity contribution >= 4 is 17.4 Å². The molecule has 1 aromatic heterocycles. The first-order chi connectivity index (χ1) is 9.11. The molecule has 5 nitrogen and oxygen atoms in total. The Kier molecular flexibility index (Phi) is 3.77. The van der Waals surface area contributed by atoms with Gasteiger partial charge in [0, 0.05) is 11.8 Å². The lowest BCUT2D eigenvalue weighted by Crippen LogP contribution is -2.15. The van der Waals surface area contributed by atoms with Crippen molar-refractivity contribution in [2.24, 2.45) is 5.84 Å². The van der Waals surface area contributed by atoms with E-state index in [4.69, 9.17) is 5.84 Å². The van der Waals surface area contributed by atoms with Gasteiger partial charge in [-0.3, -0.25) is 10.6 Å². The van der Waals surface area contributed by atoms with E-state index in [0.717, 1.165) is 16.8 Å². The van der Waals surface area contributed by atoms with Crippen molar-refractivity contribution in [2.75, 3.05) is 10.7 Å². The van der Waals surface area contributed by atoms with E-state index in [-0.39, 0.29) is 5.91 Å². The summed E-state index contributed by atoms with van der Waals surface area (Å²) in [6.45, 7) is 3.79. The zero-order chi connectivity index (χ0) is 13.8. The minimum absolute atomic E-state index is 0.187. The molecule has 98 valence electrons. The van der Waals surface area contributed by atoms with Crippen LogP contribution in [-0.4, -0.2) is 10.9 Å². The molecular formula is C14H16N4O. The number of hydrazine groups is 1. The molecule has 1 heterocycles. The van der Waals surface area contributed by atoms with Gasteiger partial charge in [-0.05, 0) is 49.2 Å². The minimum atomic E-state index is -0.187. The van der Waals surface area contributed by atoms with E-state index in [1.807, 2.05) is 26.0 Å². The molecule has 4 N–H and O–H groups in total. The molecule has 19 heavy (non-hydrogen) atoms. The van der Waals surface area contributed by atoms with Crippen LogP contribution in [0, 0.1) is 13.8 Å². The third-order valence-corrected chi connectivity index (χ3v) is 2.89. The van der Waals surface area contributed by atoms with Crippen LogP contribution in [0.15, 0.2) is 36.5 Å². The fourth-order valence-electron chi connectivity index (χ4n) is 1.76. The summed E-state index contributed by atoms with van der Waals surface area (Å²) in [5.74, 6) is 5.75. The fraction of sp³-hybridized carbons (Fsp3) is 0.143. The molecule has 0 atom stereocenters. The highest BCUT2D eigenvalue weighted by Gasteiger charge is 2.09. The number of nitrogen functional groups attached to an aromatic ring is 1. The normalized spacial score (nSPS) is 10.1. The summed E-state index contributed by atoms with van der Waals surface area (Å²) in [5, 5.41) is 2.79. The molecule has 0 saturated carbocycles. The molecule has 0 aliphatic heterocycles. The maximum Gasteiger partial charge on any atom is 0.256 e. The van der Waals surface area contributed by atoms with Crippen LogP contribution < -0.4 is 16.6 Å². The number of amides is 1. The number of nitrogens with one attached hydrogen (secondary N) is 2. The summed E-state index contributed by atoms with van der Waals surface area (Å²) >= 11 is 0. The van der Waals surface area contributed by atoms with E-state index in [1.54, 1.807) is 24.4 Å². The SMILES string of the molecule is Cc1cc(C(=O)Nc2ncccc2C)ccc1NN. The first-order valence-corrected chi connectivity index (χ1v) is 5.92. The highest BCUT2D eigenvalue weighted by molar-refractivity contribution is 6.04. The average molecular weight is 256 g/mol. The number of benzene rings is 1. The van der Waals surface area contributed by atoms with Crippen molar-refractivity contribution in [3.05, 3.63) is 53.2 Å². The lowest BCUT2D eigenvalue weighted by Gasteiger charge is -2.09. The van der Waals surface area contributed by atoms with Gasteiger partial charge in [-0.15, -0.1) is 0 Å². The van der Waals surface area contributed by atoms with E-state index in [1.165, 1.54) is 0 Å². The van der Waals surface area contributed by atoms with Gasteiger partial charge in [0.25, 0.3) is 5.91 Å². The monoisotopic (exact) mass is 256 g/mol. The second-order valence-corrected chi connectivity index (χ2v) is 4.30. The highest BCUT2D eigenvalue weighted by Crippen LogP contribution is 2.17. The number of carbonyl (C=O) groups excluding carboxylic acids is 1. The van der Waals surface area contributed by atoms with Gasteiger partial charge in [0.2, 0.25) is 0 Å². The van der Waals surface area contributed by atoms with Gasteiger partial charge >= 0.3 is 0 Å². The number of rotatable bonds is 3. The Hall–Kier alpha value is -2.40. The van der Waals surface area contributed by atoms with Gasteiger partial charge in [0.05, 0.1) is 5.69 Å². The Morgan fingerprint density at radius 2 is 2.00 bits per heavy atom. The summed E-state index contributed by atoms with van der Waals surface area (Å²) in [4.78, 5) is 16.3. The standard InChI is InChI=1S/C14H16N4O/c1-9-4-3-7-16-13(9)17-14(19)11-5-6-12(18-15)10(2)8-11/h3-8,18H,15H2,1-2H3,(H,16,17,19). The van der Waals surface area contributed by atoms with E-state index >= 15 is 0 Å². The number of anilines is 2. The summed E-state index contributed by atoms with van der Waals surface area (Å²) in [6.07, 6.45) is 1.65. The second kappa shape index (κ2) is 5.49. The summed E-state index contributed by atoms with van der Waals surface area (Å²) in [6, 6.07) is 9.00. The topological polar surface area (TPSA) is 80.0 Å². The van der Waals surface area contributed by atoms with Gasteiger partial charge in [0.15, 0.2) is 0 Å². The molecule has 2 rings (SSSR count). The van der Waals surface area contributed by atoms with Gasteiger partial charge < -0.3 is 10.7 Å². The van der Waals surface area contributed by atoms with Crippen molar-refractivity contribution in [3.8, 4) is 0 Å². The molecule has 1 amide bonds. The molecule has 1 aromatic carbocycles. The molecule has 0 unspecified atom stereocenters. The van der Waals surface area contributed by atoms with Crippen molar-refractivity contribution in [3.63, 3.8) is 0 Å². The molecular weight excluding hydrogens is 240 g/mol. The largest absolute Gasteiger partial charge is 0.324 e. The van der Waals surface area contributed by atoms with Crippen molar-refractivity contribution < 1.29 is 4.79 Å². The van der Waals surface area contributed by atoms with E-state index in [0.29, 0.717) is 11.4 Å². The smallest absolute Gasteiger partial charge is 0.256 e. The zero-order valence-electron chi connectivity index (χ0n) is 10.9. The van der Waals surface area contributed by atoms with Crippen molar-refractivity contribution in [2.45, 2.75) is 13.8 Å². The predicted octanol–water partition coefficient (Wildman–Crippen LogP) is 2.24. The van der Waals surface area contributed by atoms with Gasteiger partial charge in [0.1, 0.15) is 5.82 Å². The first kappa shape index (κ1) is 13.0. The highest BCUT2D eigenvalue weighted by atomic mass is 16.1. The Balaban J connectivity index is 2.21. The molecule has 0 spiro atoms. The second-order valence-electron chi connectivity index (χ2n) is 4.30. The van der Waals surface area contributed by atoms with Crippen molar-refractivity contribution in [1.82, 2.24) is 4.98 Å². The van der Waals surface area contributed by atoms with E-state index in [2.05, 4.69) is 15.7 Å². The fourth-order valence-corrected chi connectivity index (χ4v) is 1.76. The Morgan fingerprint density at radius 1 is 1.21 bits per heavy atom. The minimum Gasteiger partial charge on any atom is -0.324 e. The summed E-state index contributed by atoms with van der Waals surface area (Å²) in [7, 11) is 0. The van der Waals surface area contributed by atoms with Crippen LogP contribution >= 0.6 is 0 Å². The van der Waals surface area contributed by atoms with Crippen LogP contribution in [0.4, 0.5) is 11.5 Å². The number of nitrogens with two attached hydrogens (primary N) is 1. The van der Waals surface area contributed by atoms with Gasteiger partial charge in [-0.1, -0.05) is 6.07 Å². The first-order valence-electron chi connectivity index (χ1n) is 5.92. The summed E-state index contributed by atoms with van der Waals surface area (Å²) in [5.41, 5.74) is 5.78. The number of aryl methyl sites for hydroxylation is 2. The third kappa shape index (κ3) is 2.89. The lowest BCUT2D eigenvalue weighted by atomic mass is 10.1. The molecule has 2 aromatic rings. The Labute approximate surface area is 111 Å². The van der Waals surface area contributed by atoms with Crippen LogP contribution in [-0.2, 0) is 0 Å². The third-order valence-electron chi connectivity index (χ3n) is 2.89. The molecule has 0 bridgehead atoms. The van der Waals surface area contributed by atoms with E-state index in [9.17, 15) is 4.79 Å². The average Bonchev–Trinajstić information content (AvgIpc) is 2.41. The van der Waals surface area contributed by atoms with Crippen LogP contribution in [0.5, 0.6) is 0 Å². The predicted molar refractivity (Wildman–Crippen MR) is 75.9 cm³/mol. The lowest BCUT2D eigenvalue weighted by molar-refractivity contribution is 0.102. The quantitative estimate of drug-likeness (QED) is 0.581. The van der Waals surface area contributed by atoms with Crippen LogP contribution in [0.2, 0.25) is 0 Å². The molecule has 0 fully saturated rings. The molecule has 5 heteroatoms. The maximum atomic E-state index is 12.1. The van der Waals surface area contributed by atoms with Crippen molar-refractivity contribution in [1.29, 1.82) is 0 Å². The zero-order valence-corrected chi connectivity index (χ0v) is 10.9. The number of nitrogens with zero attached hydrogens (tertiary/aromatic N) is 1. The number of carbonyl (C=O) groups is 1. The van der Waals surface area contributed by atoms with Crippen LogP contribution in [0.3, 0.4) is 0 Å². The number of hydrogen-bond donors (Lipinski definition) is 3. The number of pyridine rings is 1. The Morgan fingerprint density at radius 3 is 2.63 bits per heavy atom. The van der Waals surface area contributed by atoms with Gasteiger partial charge in [-0.2, -0.15) is 0 Å². The Bertz CT molecular complexity index is 610. The maximum absolute atomic E-state index is 12.1. The number of aromatic nitrogens is 1. The van der Waals surface area contributed by atoms with Crippen LogP contribution in [0.1, 0.15) is 21.5 Å². The summed E-state index contributed by atoms with van der Waals surface area (Å²) < 4.78 is 0.